The Bertz CT molecular complexity index is 891. The lowest BCUT2D eigenvalue weighted by Crippen LogP contribution is -2.75. The second-order valence-corrected chi connectivity index (χ2v) is 7.54. The number of nitrogens with two attached hydrogens (primary N) is 1. The van der Waals surface area contributed by atoms with Crippen LogP contribution < -0.4 is 5.73 Å². The lowest BCUT2D eigenvalue weighted by molar-refractivity contribution is -0.0664. The fourth-order valence-corrected chi connectivity index (χ4v) is 4.67. The summed E-state index contributed by atoms with van der Waals surface area (Å²) >= 11 is 1.47. The normalized spacial score (nSPS) is 26.0. The van der Waals surface area contributed by atoms with Crippen molar-refractivity contribution in [2.24, 2.45) is 5.73 Å². The van der Waals surface area contributed by atoms with Gasteiger partial charge in [0.15, 0.2) is 10.8 Å². The van der Waals surface area contributed by atoms with E-state index in [4.69, 9.17) is 5.73 Å². The maximum Gasteiger partial charge on any atom is 0.197 e. The van der Waals surface area contributed by atoms with Gasteiger partial charge in [-0.15, -0.1) is 46.3 Å². The molecule has 0 atom stereocenters. The number of hydrogen-bond donors (Lipinski definition) is 1. The first kappa shape index (κ1) is 18.3. The average molecular weight is 400 g/mol. The van der Waals surface area contributed by atoms with E-state index in [9.17, 15) is 4.39 Å². The predicted octanol–water partition coefficient (Wildman–Crippen LogP) is 3.51. The molecule has 0 unspecified atom stereocenters. The Hall–Kier alpha value is -1.54. The van der Waals surface area contributed by atoms with E-state index in [1.807, 2.05) is 16.0 Å². The van der Waals surface area contributed by atoms with Gasteiger partial charge in [0.1, 0.15) is 11.6 Å². The summed E-state index contributed by atoms with van der Waals surface area (Å²) in [5.74, 6) is 1.11. The summed E-state index contributed by atoms with van der Waals surface area (Å²) in [5, 5.41) is 11.4. The molecule has 2 N–H and O–H groups in total. The molecule has 9 heteroatoms. The van der Waals surface area contributed by atoms with Crippen LogP contribution in [0, 0.1) is 5.82 Å². The van der Waals surface area contributed by atoms with Gasteiger partial charge in [-0.25, -0.2) is 9.37 Å². The molecule has 25 heavy (non-hydrogen) atoms. The Labute approximate surface area is 160 Å². The Balaban J connectivity index is 0.000000911. The molecular formula is C16H16Cl2FN5S. The molecule has 2 bridgehead atoms. The third kappa shape index (κ3) is 2.49. The molecule has 0 aliphatic heterocycles. The standard InChI is InChI=1S/C16H14FN5S.2ClH/c17-10-3-1-2-4-11(10)22-12(13-19-5-6-23-13)20-21-14(22)15-7-16(18,8-15)9-15;;/h1-6H,7-9,18H2;2*1H. The number of hydrogen-bond acceptors (Lipinski definition) is 5. The van der Waals surface area contributed by atoms with Crippen LogP contribution in [-0.2, 0) is 5.41 Å². The summed E-state index contributed by atoms with van der Waals surface area (Å²) in [4.78, 5) is 4.32. The first-order valence-corrected chi connectivity index (χ1v) is 8.38. The molecule has 132 valence electrons. The number of aromatic nitrogens is 4. The molecule has 5 nitrogen and oxygen atoms in total. The zero-order valence-electron chi connectivity index (χ0n) is 13.1. The highest BCUT2D eigenvalue weighted by Gasteiger charge is 2.69. The number of thiazole rings is 1. The van der Waals surface area contributed by atoms with Crippen LogP contribution in [0.2, 0.25) is 0 Å². The van der Waals surface area contributed by atoms with E-state index in [1.165, 1.54) is 17.4 Å². The van der Waals surface area contributed by atoms with Crippen LogP contribution >= 0.6 is 36.2 Å². The first-order chi connectivity index (χ1) is 11.1. The fraction of sp³-hybridized carbons (Fsp3) is 0.312. The average Bonchev–Trinajstić information content (AvgIpc) is 3.12. The van der Waals surface area contributed by atoms with Crippen molar-refractivity contribution in [1.82, 2.24) is 19.7 Å². The van der Waals surface area contributed by atoms with Crippen molar-refractivity contribution in [3.05, 3.63) is 47.5 Å². The fourth-order valence-electron chi connectivity index (χ4n) is 4.06. The summed E-state index contributed by atoms with van der Waals surface area (Å²) in [6, 6.07) is 6.71. The van der Waals surface area contributed by atoms with Crippen LogP contribution in [0.15, 0.2) is 35.8 Å². The molecule has 1 aromatic carbocycles. The molecule has 0 amide bonds. The van der Waals surface area contributed by atoms with E-state index in [1.54, 1.807) is 18.3 Å². The van der Waals surface area contributed by atoms with Gasteiger partial charge >= 0.3 is 0 Å². The first-order valence-electron chi connectivity index (χ1n) is 7.50. The molecule has 6 rings (SSSR count). The van der Waals surface area contributed by atoms with Gasteiger partial charge in [0.2, 0.25) is 0 Å². The van der Waals surface area contributed by atoms with Crippen LogP contribution in [0.25, 0.3) is 16.5 Å². The lowest BCUT2D eigenvalue weighted by Gasteiger charge is -2.68. The van der Waals surface area contributed by atoms with Gasteiger partial charge in [0.05, 0.1) is 5.69 Å². The predicted molar refractivity (Wildman–Crippen MR) is 99.4 cm³/mol. The highest BCUT2D eigenvalue weighted by molar-refractivity contribution is 7.13. The van der Waals surface area contributed by atoms with E-state index in [0.717, 1.165) is 30.1 Å². The smallest absolute Gasteiger partial charge is 0.197 e. The van der Waals surface area contributed by atoms with Crippen LogP contribution in [0.5, 0.6) is 0 Å². The molecule has 2 heterocycles. The van der Waals surface area contributed by atoms with Crippen molar-refractivity contribution in [1.29, 1.82) is 0 Å². The zero-order chi connectivity index (χ0) is 15.7. The Morgan fingerprint density at radius 3 is 2.44 bits per heavy atom. The molecule has 3 aliphatic carbocycles. The van der Waals surface area contributed by atoms with E-state index in [-0.39, 0.29) is 41.6 Å². The van der Waals surface area contributed by atoms with E-state index in [2.05, 4.69) is 15.2 Å². The van der Waals surface area contributed by atoms with Crippen molar-refractivity contribution in [3.63, 3.8) is 0 Å². The van der Waals surface area contributed by atoms with Crippen molar-refractivity contribution >= 4 is 36.2 Å². The summed E-state index contributed by atoms with van der Waals surface area (Å²) in [7, 11) is 0. The molecular weight excluding hydrogens is 384 g/mol. The molecule has 3 fully saturated rings. The van der Waals surface area contributed by atoms with Gasteiger partial charge in [-0.05, 0) is 31.4 Å². The van der Waals surface area contributed by atoms with E-state index in [0.29, 0.717) is 11.5 Å². The molecule has 2 aromatic heterocycles. The van der Waals surface area contributed by atoms with Gasteiger partial charge in [0, 0.05) is 22.5 Å². The largest absolute Gasteiger partial charge is 0.325 e. The minimum Gasteiger partial charge on any atom is -0.325 e. The summed E-state index contributed by atoms with van der Waals surface area (Å²) < 4.78 is 16.3. The molecule has 0 saturated heterocycles. The Kier molecular flexibility index (Phi) is 4.39. The minimum absolute atomic E-state index is 0. The van der Waals surface area contributed by atoms with Crippen LogP contribution in [-0.4, -0.2) is 25.3 Å². The van der Waals surface area contributed by atoms with E-state index < -0.39 is 0 Å². The van der Waals surface area contributed by atoms with Crippen LogP contribution in [0.4, 0.5) is 4.39 Å². The van der Waals surface area contributed by atoms with Gasteiger partial charge in [-0.1, -0.05) is 12.1 Å². The topological polar surface area (TPSA) is 69.6 Å². The number of rotatable bonds is 3. The van der Waals surface area contributed by atoms with Crippen molar-refractivity contribution < 1.29 is 4.39 Å². The minimum atomic E-state index is -0.291. The molecule has 3 saturated carbocycles. The Morgan fingerprint density at radius 2 is 1.84 bits per heavy atom. The Morgan fingerprint density at radius 1 is 1.12 bits per heavy atom. The SMILES string of the molecule is Cl.Cl.NC12CC(c3nnc(-c4nccs4)n3-c3ccccc3F)(C1)C2. The summed E-state index contributed by atoms with van der Waals surface area (Å²) in [6.07, 6.45) is 4.40. The highest BCUT2D eigenvalue weighted by atomic mass is 35.5. The van der Waals surface area contributed by atoms with Crippen molar-refractivity contribution in [2.45, 2.75) is 30.2 Å². The van der Waals surface area contributed by atoms with Gasteiger partial charge < -0.3 is 5.73 Å². The second-order valence-electron chi connectivity index (χ2n) is 6.64. The maximum atomic E-state index is 14.4. The van der Waals surface area contributed by atoms with Crippen LogP contribution in [0.1, 0.15) is 25.1 Å². The van der Waals surface area contributed by atoms with Gasteiger partial charge in [0.25, 0.3) is 0 Å². The number of halogens is 3. The quantitative estimate of drug-likeness (QED) is 0.731. The number of nitrogens with zero attached hydrogens (tertiary/aromatic N) is 4. The number of para-hydroxylation sites is 1. The van der Waals surface area contributed by atoms with Gasteiger partial charge in [-0.3, -0.25) is 4.57 Å². The van der Waals surface area contributed by atoms with Crippen LogP contribution in [0.3, 0.4) is 0 Å². The zero-order valence-corrected chi connectivity index (χ0v) is 15.5. The third-order valence-corrected chi connectivity index (χ3v) is 5.69. The van der Waals surface area contributed by atoms with Crippen molar-refractivity contribution in [3.8, 4) is 16.5 Å². The second kappa shape index (κ2) is 6.02. The molecule has 0 spiro atoms. The van der Waals surface area contributed by atoms with E-state index >= 15 is 0 Å². The van der Waals surface area contributed by atoms with Crippen molar-refractivity contribution in [2.75, 3.05) is 0 Å². The summed E-state index contributed by atoms with van der Waals surface area (Å²) in [6.45, 7) is 0. The summed E-state index contributed by atoms with van der Waals surface area (Å²) in [5.41, 5.74) is 6.55. The molecule has 3 aliphatic rings. The highest BCUT2D eigenvalue weighted by Crippen LogP contribution is 2.66. The number of benzene rings is 1. The molecule has 0 radical (unpaired) electrons. The monoisotopic (exact) mass is 399 g/mol. The van der Waals surface area contributed by atoms with Gasteiger partial charge in [-0.2, -0.15) is 0 Å². The molecule has 3 aromatic rings. The lowest BCUT2D eigenvalue weighted by atomic mass is 9.39. The maximum absolute atomic E-state index is 14.4. The third-order valence-electron chi connectivity index (χ3n) is 4.93.